The number of thiophene rings is 1. The molecule has 0 amide bonds. The highest BCUT2D eigenvalue weighted by Gasteiger charge is 2.19. The lowest BCUT2D eigenvalue weighted by Gasteiger charge is -2.20. The maximum Gasteiger partial charge on any atom is 0.205 e. The molecule has 0 N–H and O–H groups in total. The molecule has 0 spiro atoms. The summed E-state index contributed by atoms with van der Waals surface area (Å²) in [6, 6.07) is 1.98. The van der Waals surface area contributed by atoms with Gasteiger partial charge in [-0.25, -0.2) is 9.67 Å². The largest absolute Gasteiger partial charge is 0.243 e. The fourth-order valence-electron chi connectivity index (χ4n) is 1.88. The van der Waals surface area contributed by atoms with Crippen molar-refractivity contribution in [1.82, 2.24) is 35.0 Å². The first-order chi connectivity index (χ1) is 9.54. The predicted molar refractivity (Wildman–Crippen MR) is 75.3 cm³/mol. The Hall–Kier alpha value is -2.09. The Labute approximate surface area is 120 Å². The van der Waals surface area contributed by atoms with Crippen molar-refractivity contribution < 1.29 is 0 Å². The van der Waals surface area contributed by atoms with Gasteiger partial charge in [-0.05, 0) is 37.4 Å². The van der Waals surface area contributed by atoms with E-state index in [-0.39, 0.29) is 5.54 Å². The maximum atomic E-state index is 4.37. The van der Waals surface area contributed by atoms with Crippen molar-refractivity contribution in [1.29, 1.82) is 0 Å². The van der Waals surface area contributed by atoms with Crippen LogP contribution in [-0.2, 0) is 12.1 Å². The zero-order valence-corrected chi connectivity index (χ0v) is 12.4. The van der Waals surface area contributed by atoms with Crippen LogP contribution in [0.25, 0.3) is 11.4 Å². The number of nitrogens with zero attached hydrogens (tertiary/aromatic N) is 7. The van der Waals surface area contributed by atoms with Crippen LogP contribution >= 0.6 is 11.3 Å². The first-order valence-corrected chi connectivity index (χ1v) is 7.18. The van der Waals surface area contributed by atoms with E-state index in [1.165, 1.54) is 0 Å². The van der Waals surface area contributed by atoms with Crippen molar-refractivity contribution >= 4 is 11.3 Å². The van der Waals surface area contributed by atoms with Gasteiger partial charge in [-0.15, -0.1) is 10.2 Å². The molecule has 3 rings (SSSR count). The van der Waals surface area contributed by atoms with Crippen LogP contribution in [-0.4, -0.2) is 35.0 Å². The lowest BCUT2D eigenvalue weighted by Crippen LogP contribution is -2.26. The average molecular weight is 289 g/mol. The van der Waals surface area contributed by atoms with Crippen molar-refractivity contribution in [2.75, 3.05) is 0 Å². The van der Waals surface area contributed by atoms with Crippen molar-refractivity contribution in [2.24, 2.45) is 0 Å². The molecule has 0 fully saturated rings. The van der Waals surface area contributed by atoms with Crippen molar-refractivity contribution in [3.8, 4) is 11.4 Å². The minimum atomic E-state index is -0.122. The van der Waals surface area contributed by atoms with Crippen LogP contribution < -0.4 is 0 Å². The third-order valence-electron chi connectivity index (χ3n) is 2.77. The van der Waals surface area contributed by atoms with E-state index in [0.29, 0.717) is 12.4 Å². The Morgan fingerprint density at radius 3 is 2.85 bits per heavy atom. The second-order valence-electron chi connectivity index (χ2n) is 5.41. The molecule has 3 aromatic heterocycles. The van der Waals surface area contributed by atoms with E-state index in [1.54, 1.807) is 22.5 Å². The van der Waals surface area contributed by atoms with Gasteiger partial charge in [0.2, 0.25) is 5.82 Å². The molecule has 0 aliphatic carbocycles. The number of hydrogen-bond donors (Lipinski definition) is 0. The minimum absolute atomic E-state index is 0.122. The Kier molecular flexibility index (Phi) is 3.09. The fourth-order valence-corrected chi connectivity index (χ4v) is 2.51. The lowest BCUT2D eigenvalue weighted by molar-refractivity contribution is 0.333. The molecule has 0 aliphatic heterocycles. The van der Waals surface area contributed by atoms with Gasteiger partial charge >= 0.3 is 0 Å². The zero-order chi connectivity index (χ0) is 14.2. The van der Waals surface area contributed by atoms with E-state index < -0.39 is 0 Å². The Bertz CT molecular complexity index is 690. The molecular formula is C12H15N7S. The van der Waals surface area contributed by atoms with Gasteiger partial charge in [0, 0.05) is 10.9 Å². The van der Waals surface area contributed by atoms with Gasteiger partial charge in [0.15, 0.2) is 5.82 Å². The summed E-state index contributed by atoms with van der Waals surface area (Å²) in [6.45, 7) is 6.69. The summed E-state index contributed by atoms with van der Waals surface area (Å²) in [6.07, 6.45) is 1.55. The van der Waals surface area contributed by atoms with Crippen LogP contribution in [0.15, 0.2) is 23.2 Å². The van der Waals surface area contributed by atoms with Crippen LogP contribution in [0.4, 0.5) is 0 Å². The quantitative estimate of drug-likeness (QED) is 0.735. The molecule has 0 bridgehead atoms. The third kappa shape index (κ3) is 2.46. The molecule has 0 aliphatic rings. The molecule has 0 saturated heterocycles. The van der Waals surface area contributed by atoms with E-state index >= 15 is 0 Å². The smallest absolute Gasteiger partial charge is 0.205 e. The van der Waals surface area contributed by atoms with Gasteiger partial charge in [-0.1, -0.05) is 0 Å². The average Bonchev–Trinajstić information content (AvgIpc) is 3.08. The molecule has 8 heteroatoms. The Morgan fingerprint density at radius 2 is 2.15 bits per heavy atom. The first kappa shape index (κ1) is 12.9. The molecule has 0 unspecified atom stereocenters. The van der Waals surface area contributed by atoms with Gasteiger partial charge in [-0.2, -0.15) is 21.2 Å². The van der Waals surface area contributed by atoms with E-state index in [0.717, 1.165) is 11.4 Å². The van der Waals surface area contributed by atoms with Gasteiger partial charge in [0.1, 0.15) is 12.9 Å². The summed E-state index contributed by atoms with van der Waals surface area (Å²) in [4.78, 5) is 5.82. The van der Waals surface area contributed by atoms with Crippen LogP contribution in [0, 0.1) is 0 Å². The van der Waals surface area contributed by atoms with Gasteiger partial charge in [0.25, 0.3) is 0 Å². The molecule has 0 aromatic carbocycles. The van der Waals surface area contributed by atoms with Crippen molar-refractivity contribution in [3.05, 3.63) is 29.0 Å². The SMILES string of the molecule is CC(C)(C)n1ncnc1Cn1nnc(-c2ccsc2)n1. The van der Waals surface area contributed by atoms with E-state index in [9.17, 15) is 0 Å². The highest BCUT2D eigenvalue weighted by atomic mass is 32.1. The standard InChI is InChI=1S/C12H15N7S/c1-12(2,3)19-10(13-8-14-19)6-18-16-11(15-17-18)9-4-5-20-7-9/h4-5,7-8H,6H2,1-3H3. The van der Waals surface area contributed by atoms with Gasteiger partial charge in [-0.3, -0.25) is 0 Å². The first-order valence-electron chi connectivity index (χ1n) is 6.24. The van der Waals surface area contributed by atoms with E-state index in [2.05, 4.69) is 46.3 Å². The third-order valence-corrected chi connectivity index (χ3v) is 3.45. The van der Waals surface area contributed by atoms with Crippen LogP contribution in [0.3, 0.4) is 0 Å². The predicted octanol–water partition coefficient (Wildman–Crippen LogP) is 1.80. The fraction of sp³-hybridized carbons (Fsp3) is 0.417. The molecule has 3 aromatic rings. The summed E-state index contributed by atoms with van der Waals surface area (Å²) < 4.78 is 1.88. The molecule has 20 heavy (non-hydrogen) atoms. The summed E-state index contributed by atoms with van der Waals surface area (Å²) in [5.74, 6) is 1.44. The normalized spacial score (nSPS) is 11.9. The number of rotatable bonds is 3. The highest BCUT2D eigenvalue weighted by molar-refractivity contribution is 7.08. The maximum absolute atomic E-state index is 4.37. The van der Waals surface area contributed by atoms with Crippen LogP contribution in [0.2, 0.25) is 0 Å². The van der Waals surface area contributed by atoms with Crippen LogP contribution in [0.5, 0.6) is 0 Å². The molecule has 7 nitrogen and oxygen atoms in total. The molecule has 0 radical (unpaired) electrons. The van der Waals surface area contributed by atoms with E-state index in [4.69, 9.17) is 0 Å². The van der Waals surface area contributed by atoms with E-state index in [1.807, 2.05) is 21.5 Å². The number of tetrazole rings is 1. The summed E-state index contributed by atoms with van der Waals surface area (Å²) in [5, 5.41) is 20.8. The Morgan fingerprint density at radius 1 is 1.30 bits per heavy atom. The van der Waals surface area contributed by atoms with Crippen molar-refractivity contribution in [3.63, 3.8) is 0 Å². The zero-order valence-electron chi connectivity index (χ0n) is 11.6. The number of aromatic nitrogens is 7. The highest BCUT2D eigenvalue weighted by Crippen LogP contribution is 2.17. The Balaban J connectivity index is 1.84. The summed E-state index contributed by atoms with van der Waals surface area (Å²) in [7, 11) is 0. The van der Waals surface area contributed by atoms with Crippen LogP contribution in [0.1, 0.15) is 26.6 Å². The summed E-state index contributed by atoms with van der Waals surface area (Å²) >= 11 is 1.61. The van der Waals surface area contributed by atoms with Gasteiger partial charge < -0.3 is 0 Å². The lowest BCUT2D eigenvalue weighted by atomic mass is 10.1. The van der Waals surface area contributed by atoms with Crippen molar-refractivity contribution in [2.45, 2.75) is 32.9 Å². The minimum Gasteiger partial charge on any atom is -0.243 e. The second kappa shape index (κ2) is 4.78. The monoisotopic (exact) mass is 289 g/mol. The number of hydrogen-bond acceptors (Lipinski definition) is 6. The topological polar surface area (TPSA) is 74.3 Å². The summed E-state index contributed by atoms with van der Waals surface area (Å²) in [5.41, 5.74) is 0.862. The van der Waals surface area contributed by atoms with Gasteiger partial charge in [0.05, 0.1) is 5.54 Å². The molecule has 0 saturated carbocycles. The molecule has 0 atom stereocenters. The second-order valence-corrected chi connectivity index (χ2v) is 6.19. The molecule has 104 valence electrons. The molecule has 3 heterocycles. The molecular weight excluding hydrogens is 274 g/mol.